The summed E-state index contributed by atoms with van der Waals surface area (Å²) in [7, 11) is 0. The van der Waals surface area contributed by atoms with Crippen molar-refractivity contribution in [2.75, 3.05) is 6.61 Å². The van der Waals surface area contributed by atoms with Crippen LogP contribution in [-0.2, 0) is 4.79 Å². The number of esters is 1. The number of rotatable bonds is 15. The predicted molar refractivity (Wildman–Crippen MR) is 146 cm³/mol. The SMILES string of the molecule is CCCCCCCC1CCCCC1CCCOc1ccc(OC(=O)C2CCC(CCC)CC2)cc1. The fourth-order valence-corrected chi connectivity index (χ4v) is 6.49. The molecule has 2 atom stereocenters. The standard InChI is InChI=1S/C32H52O3/c1-3-5-6-7-8-13-27-14-9-10-15-28(27)16-11-25-34-30-21-23-31(24-22-30)35-32(33)29-19-17-26(12-4-2)18-20-29/h21-24,26-29H,3-20,25H2,1-2H3. The molecule has 0 aromatic heterocycles. The van der Waals surface area contributed by atoms with Gasteiger partial charge in [0.15, 0.2) is 0 Å². The maximum absolute atomic E-state index is 12.6. The van der Waals surface area contributed by atoms with Gasteiger partial charge in [-0.15, -0.1) is 0 Å². The molecule has 35 heavy (non-hydrogen) atoms. The van der Waals surface area contributed by atoms with Crippen molar-refractivity contribution in [3.63, 3.8) is 0 Å². The number of carbonyl (C=O) groups excluding carboxylic acids is 1. The molecule has 0 N–H and O–H groups in total. The van der Waals surface area contributed by atoms with Crippen LogP contribution in [0.1, 0.15) is 129 Å². The van der Waals surface area contributed by atoms with Gasteiger partial charge in [0.1, 0.15) is 11.5 Å². The summed E-state index contributed by atoms with van der Waals surface area (Å²) < 4.78 is 11.7. The summed E-state index contributed by atoms with van der Waals surface area (Å²) >= 11 is 0. The average molecular weight is 485 g/mol. The minimum absolute atomic E-state index is 0.0546. The Hall–Kier alpha value is -1.51. The minimum atomic E-state index is -0.0546. The van der Waals surface area contributed by atoms with E-state index in [4.69, 9.17) is 9.47 Å². The van der Waals surface area contributed by atoms with Crippen molar-refractivity contribution >= 4 is 5.97 Å². The molecule has 0 radical (unpaired) electrons. The van der Waals surface area contributed by atoms with Crippen molar-refractivity contribution in [1.29, 1.82) is 0 Å². The van der Waals surface area contributed by atoms with Crippen molar-refractivity contribution in [1.82, 2.24) is 0 Å². The number of hydrogen-bond acceptors (Lipinski definition) is 3. The summed E-state index contributed by atoms with van der Waals surface area (Å²) in [4.78, 5) is 12.6. The van der Waals surface area contributed by atoms with Gasteiger partial charge in [-0.25, -0.2) is 0 Å². The van der Waals surface area contributed by atoms with Crippen molar-refractivity contribution < 1.29 is 14.3 Å². The lowest BCUT2D eigenvalue weighted by Crippen LogP contribution is -2.25. The highest BCUT2D eigenvalue weighted by molar-refractivity contribution is 5.75. The van der Waals surface area contributed by atoms with E-state index in [-0.39, 0.29) is 11.9 Å². The van der Waals surface area contributed by atoms with E-state index in [0.29, 0.717) is 5.75 Å². The zero-order chi connectivity index (χ0) is 24.7. The lowest BCUT2D eigenvalue weighted by atomic mass is 9.74. The van der Waals surface area contributed by atoms with Gasteiger partial charge in [-0.05, 0) is 80.5 Å². The quantitative estimate of drug-likeness (QED) is 0.141. The summed E-state index contributed by atoms with van der Waals surface area (Å²) in [6.45, 7) is 5.32. The summed E-state index contributed by atoms with van der Waals surface area (Å²) in [6.07, 6.45) is 23.4. The van der Waals surface area contributed by atoms with E-state index < -0.39 is 0 Å². The summed E-state index contributed by atoms with van der Waals surface area (Å²) in [5.41, 5.74) is 0. The molecule has 2 aliphatic rings. The van der Waals surface area contributed by atoms with Crippen LogP contribution in [0.15, 0.2) is 24.3 Å². The second-order valence-electron chi connectivity index (χ2n) is 11.4. The lowest BCUT2D eigenvalue weighted by Gasteiger charge is -2.31. The van der Waals surface area contributed by atoms with Gasteiger partial charge in [0.25, 0.3) is 0 Å². The molecule has 0 aliphatic heterocycles. The molecule has 0 heterocycles. The molecule has 0 bridgehead atoms. The number of carbonyl (C=O) groups is 1. The average Bonchev–Trinajstić information content (AvgIpc) is 2.89. The van der Waals surface area contributed by atoms with Gasteiger partial charge >= 0.3 is 5.97 Å². The van der Waals surface area contributed by atoms with E-state index in [1.165, 1.54) is 96.3 Å². The maximum atomic E-state index is 12.6. The van der Waals surface area contributed by atoms with Crippen LogP contribution < -0.4 is 9.47 Å². The molecule has 3 heteroatoms. The molecule has 3 rings (SSSR count). The Morgan fingerprint density at radius 3 is 2.00 bits per heavy atom. The molecular formula is C32H52O3. The topological polar surface area (TPSA) is 35.5 Å². The highest BCUT2D eigenvalue weighted by Gasteiger charge is 2.27. The van der Waals surface area contributed by atoms with Gasteiger partial charge in [-0.3, -0.25) is 4.79 Å². The van der Waals surface area contributed by atoms with E-state index >= 15 is 0 Å². The normalized spacial score (nSPS) is 24.7. The Morgan fingerprint density at radius 1 is 0.714 bits per heavy atom. The third kappa shape index (κ3) is 10.2. The molecule has 3 nitrogen and oxygen atoms in total. The first-order valence-electron chi connectivity index (χ1n) is 15.1. The second kappa shape index (κ2) is 16.3. The summed E-state index contributed by atoms with van der Waals surface area (Å²) in [5.74, 6) is 4.18. The molecule has 2 fully saturated rings. The Balaban J connectivity index is 1.31. The number of hydrogen-bond donors (Lipinski definition) is 0. The molecule has 0 spiro atoms. The van der Waals surface area contributed by atoms with E-state index in [2.05, 4.69) is 13.8 Å². The Bertz CT molecular complexity index is 689. The zero-order valence-corrected chi connectivity index (χ0v) is 22.8. The fourth-order valence-electron chi connectivity index (χ4n) is 6.49. The zero-order valence-electron chi connectivity index (χ0n) is 22.8. The molecule has 2 aliphatic carbocycles. The highest BCUT2D eigenvalue weighted by atomic mass is 16.5. The third-order valence-corrected chi connectivity index (χ3v) is 8.65. The van der Waals surface area contributed by atoms with Crippen molar-refractivity contribution in [2.24, 2.45) is 23.7 Å². The molecule has 1 aromatic carbocycles. The maximum Gasteiger partial charge on any atom is 0.314 e. The number of ether oxygens (including phenoxy) is 2. The van der Waals surface area contributed by atoms with Gasteiger partial charge in [0.2, 0.25) is 0 Å². The predicted octanol–water partition coefficient (Wildman–Crippen LogP) is 9.52. The Labute approximate surface area is 215 Å². The number of unbranched alkanes of at least 4 members (excludes halogenated alkanes) is 4. The summed E-state index contributed by atoms with van der Waals surface area (Å²) in [6, 6.07) is 7.65. The first-order valence-corrected chi connectivity index (χ1v) is 15.1. The van der Waals surface area contributed by atoms with Crippen LogP contribution in [0.4, 0.5) is 0 Å². The molecule has 2 unspecified atom stereocenters. The summed E-state index contributed by atoms with van der Waals surface area (Å²) in [5, 5.41) is 0. The van der Waals surface area contributed by atoms with E-state index in [1.807, 2.05) is 24.3 Å². The van der Waals surface area contributed by atoms with Crippen LogP contribution >= 0.6 is 0 Å². The van der Waals surface area contributed by atoms with Crippen LogP contribution in [-0.4, -0.2) is 12.6 Å². The molecule has 2 saturated carbocycles. The van der Waals surface area contributed by atoms with Crippen LogP contribution in [0.2, 0.25) is 0 Å². The van der Waals surface area contributed by atoms with E-state index in [9.17, 15) is 4.79 Å². The first kappa shape index (κ1) is 28.1. The van der Waals surface area contributed by atoms with Crippen LogP contribution in [0.3, 0.4) is 0 Å². The minimum Gasteiger partial charge on any atom is -0.494 e. The largest absolute Gasteiger partial charge is 0.494 e. The van der Waals surface area contributed by atoms with Gasteiger partial charge < -0.3 is 9.47 Å². The van der Waals surface area contributed by atoms with Gasteiger partial charge in [-0.2, -0.15) is 0 Å². The number of benzene rings is 1. The van der Waals surface area contributed by atoms with Crippen LogP contribution in [0.25, 0.3) is 0 Å². The molecule has 1 aromatic rings. The van der Waals surface area contributed by atoms with Crippen molar-refractivity contribution in [3.05, 3.63) is 24.3 Å². The Kier molecular flexibility index (Phi) is 13.1. The second-order valence-corrected chi connectivity index (χ2v) is 11.4. The van der Waals surface area contributed by atoms with Gasteiger partial charge in [0.05, 0.1) is 12.5 Å². The highest BCUT2D eigenvalue weighted by Crippen LogP contribution is 2.37. The van der Waals surface area contributed by atoms with Crippen molar-refractivity contribution in [3.8, 4) is 11.5 Å². The van der Waals surface area contributed by atoms with E-state index in [0.717, 1.165) is 49.4 Å². The lowest BCUT2D eigenvalue weighted by molar-refractivity contribution is -0.140. The molecule has 0 saturated heterocycles. The van der Waals surface area contributed by atoms with Crippen LogP contribution in [0.5, 0.6) is 11.5 Å². The first-order chi connectivity index (χ1) is 17.2. The van der Waals surface area contributed by atoms with E-state index in [1.54, 1.807) is 0 Å². The van der Waals surface area contributed by atoms with Crippen molar-refractivity contribution in [2.45, 2.75) is 129 Å². The Morgan fingerprint density at radius 2 is 1.34 bits per heavy atom. The molecular weight excluding hydrogens is 432 g/mol. The fraction of sp³-hybridized carbons (Fsp3) is 0.781. The molecule has 198 valence electrons. The van der Waals surface area contributed by atoms with Crippen LogP contribution in [0, 0.1) is 23.7 Å². The third-order valence-electron chi connectivity index (χ3n) is 8.65. The smallest absolute Gasteiger partial charge is 0.314 e. The van der Waals surface area contributed by atoms with Gasteiger partial charge in [0, 0.05) is 0 Å². The molecule has 0 amide bonds. The monoisotopic (exact) mass is 484 g/mol. The van der Waals surface area contributed by atoms with Gasteiger partial charge in [-0.1, -0.05) is 90.9 Å².